The minimum absolute atomic E-state index is 0.134. The summed E-state index contributed by atoms with van der Waals surface area (Å²) in [4.78, 5) is 26.3. The minimum Gasteiger partial charge on any atom is -0.491 e. The first-order valence-electron chi connectivity index (χ1n) is 9.78. The molecule has 6 nitrogen and oxygen atoms in total. The summed E-state index contributed by atoms with van der Waals surface area (Å²) in [6.07, 6.45) is 2.24. The van der Waals surface area contributed by atoms with E-state index in [4.69, 9.17) is 4.74 Å². The molecular formula is C22H27N3O3. The number of aryl methyl sites for hydroxylation is 1. The number of carbonyl (C=O) groups is 2. The van der Waals surface area contributed by atoms with Crippen molar-refractivity contribution in [3.63, 3.8) is 0 Å². The third kappa shape index (κ3) is 5.49. The first kappa shape index (κ1) is 19.7. The van der Waals surface area contributed by atoms with Gasteiger partial charge in [-0.2, -0.15) is 0 Å². The number of nitrogens with zero attached hydrogens (tertiary/aromatic N) is 1. The number of nitrogens with one attached hydrogen (secondary N) is 2. The second-order valence-corrected chi connectivity index (χ2v) is 6.81. The molecule has 0 fully saturated rings. The summed E-state index contributed by atoms with van der Waals surface area (Å²) in [5.41, 5.74) is 2.84. The first-order chi connectivity index (χ1) is 13.7. The van der Waals surface area contributed by atoms with Crippen LogP contribution in [0.15, 0.2) is 48.5 Å². The number of amides is 3. The van der Waals surface area contributed by atoms with Crippen molar-refractivity contribution in [1.29, 1.82) is 0 Å². The summed E-state index contributed by atoms with van der Waals surface area (Å²) in [6.45, 7) is 3.96. The van der Waals surface area contributed by atoms with E-state index < -0.39 is 0 Å². The third-order valence-corrected chi connectivity index (χ3v) is 4.69. The second kappa shape index (κ2) is 9.78. The quantitative estimate of drug-likeness (QED) is 0.804. The Labute approximate surface area is 165 Å². The van der Waals surface area contributed by atoms with Gasteiger partial charge in [-0.1, -0.05) is 30.3 Å². The Balaban J connectivity index is 1.59. The van der Waals surface area contributed by atoms with Gasteiger partial charge in [-0.15, -0.1) is 0 Å². The van der Waals surface area contributed by atoms with Crippen LogP contribution in [0, 0.1) is 0 Å². The Kier molecular flexibility index (Phi) is 6.89. The predicted molar refractivity (Wildman–Crippen MR) is 109 cm³/mol. The molecule has 148 valence electrons. The fourth-order valence-electron chi connectivity index (χ4n) is 3.27. The summed E-state index contributed by atoms with van der Waals surface area (Å²) in [6, 6.07) is 15.5. The fraction of sp³-hybridized carbons (Fsp3) is 0.364. The Morgan fingerprint density at radius 2 is 1.96 bits per heavy atom. The Morgan fingerprint density at radius 1 is 1.14 bits per heavy atom. The summed E-state index contributed by atoms with van der Waals surface area (Å²) in [5, 5.41) is 5.51. The van der Waals surface area contributed by atoms with Crippen molar-refractivity contribution < 1.29 is 14.3 Å². The van der Waals surface area contributed by atoms with E-state index in [0.29, 0.717) is 38.3 Å². The van der Waals surface area contributed by atoms with Crippen LogP contribution in [0.4, 0.5) is 10.5 Å². The standard InChI is InChI=1S/C22H27N3O3/c1-2-23-22(27)24-19-11-12-20-18(15-19)16-25(13-14-28-20)21(26)10-6-9-17-7-4-3-5-8-17/h3-5,7-8,11-12,15H,2,6,9-10,13-14,16H2,1H3,(H2,23,24,27). The van der Waals surface area contributed by atoms with Crippen LogP contribution >= 0.6 is 0 Å². The van der Waals surface area contributed by atoms with E-state index >= 15 is 0 Å². The molecule has 0 aromatic heterocycles. The van der Waals surface area contributed by atoms with Crippen LogP contribution in [-0.2, 0) is 17.8 Å². The highest BCUT2D eigenvalue weighted by atomic mass is 16.5. The maximum absolute atomic E-state index is 12.7. The van der Waals surface area contributed by atoms with Crippen LogP contribution in [0.5, 0.6) is 5.75 Å². The summed E-state index contributed by atoms with van der Waals surface area (Å²) < 4.78 is 5.79. The predicted octanol–water partition coefficient (Wildman–Crippen LogP) is 3.57. The highest BCUT2D eigenvalue weighted by Gasteiger charge is 2.20. The second-order valence-electron chi connectivity index (χ2n) is 6.81. The zero-order valence-corrected chi connectivity index (χ0v) is 16.2. The monoisotopic (exact) mass is 381 g/mol. The Hall–Kier alpha value is -3.02. The largest absolute Gasteiger partial charge is 0.491 e. The lowest BCUT2D eigenvalue weighted by Gasteiger charge is -2.20. The van der Waals surface area contributed by atoms with Gasteiger partial charge in [-0.25, -0.2) is 4.79 Å². The Morgan fingerprint density at radius 3 is 2.75 bits per heavy atom. The molecule has 2 N–H and O–H groups in total. The summed E-state index contributed by atoms with van der Waals surface area (Å²) in [7, 11) is 0. The molecule has 1 aliphatic rings. The molecule has 0 saturated heterocycles. The van der Waals surface area contributed by atoms with Gasteiger partial charge in [0.05, 0.1) is 6.54 Å². The fourth-order valence-corrected chi connectivity index (χ4v) is 3.27. The molecule has 0 atom stereocenters. The highest BCUT2D eigenvalue weighted by Crippen LogP contribution is 2.27. The summed E-state index contributed by atoms with van der Waals surface area (Å²) >= 11 is 0. The number of fused-ring (bicyclic) bond motifs is 1. The van der Waals surface area contributed by atoms with E-state index in [9.17, 15) is 9.59 Å². The van der Waals surface area contributed by atoms with Gasteiger partial charge >= 0.3 is 6.03 Å². The van der Waals surface area contributed by atoms with Crippen LogP contribution in [-0.4, -0.2) is 36.5 Å². The number of ether oxygens (including phenoxy) is 1. The summed E-state index contributed by atoms with van der Waals surface area (Å²) in [5.74, 6) is 0.899. The van der Waals surface area contributed by atoms with Crippen molar-refractivity contribution in [2.24, 2.45) is 0 Å². The molecule has 0 spiro atoms. The van der Waals surface area contributed by atoms with Crippen molar-refractivity contribution in [2.75, 3.05) is 25.0 Å². The molecular weight excluding hydrogens is 354 g/mol. The minimum atomic E-state index is -0.245. The van der Waals surface area contributed by atoms with Gasteiger partial charge in [-0.05, 0) is 43.5 Å². The van der Waals surface area contributed by atoms with Crippen LogP contribution in [0.3, 0.4) is 0 Å². The number of benzene rings is 2. The molecule has 0 aliphatic carbocycles. The first-order valence-corrected chi connectivity index (χ1v) is 9.78. The van der Waals surface area contributed by atoms with Gasteiger partial charge in [0.1, 0.15) is 12.4 Å². The molecule has 2 aromatic rings. The van der Waals surface area contributed by atoms with Gasteiger partial charge in [-0.3, -0.25) is 4.79 Å². The number of anilines is 1. The molecule has 3 rings (SSSR count). The zero-order valence-electron chi connectivity index (χ0n) is 16.2. The van der Waals surface area contributed by atoms with Crippen molar-refractivity contribution in [2.45, 2.75) is 32.7 Å². The van der Waals surface area contributed by atoms with E-state index in [2.05, 4.69) is 22.8 Å². The SMILES string of the molecule is CCNC(=O)Nc1ccc2c(c1)CN(C(=O)CCCc1ccccc1)CCO2. The van der Waals surface area contributed by atoms with E-state index in [-0.39, 0.29) is 11.9 Å². The number of urea groups is 1. The van der Waals surface area contributed by atoms with Crippen molar-refractivity contribution in [1.82, 2.24) is 10.2 Å². The van der Waals surface area contributed by atoms with Crippen molar-refractivity contribution in [3.8, 4) is 5.75 Å². The zero-order chi connectivity index (χ0) is 19.8. The lowest BCUT2D eigenvalue weighted by molar-refractivity contribution is -0.132. The highest BCUT2D eigenvalue weighted by molar-refractivity contribution is 5.89. The number of rotatable bonds is 6. The Bertz CT molecular complexity index is 808. The molecule has 3 amide bonds. The molecule has 0 bridgehead atoms. The van der Waals surface area contributed by atoms with Crippen LogP contribution in [0.25, 0.3) is 0 Å². The van der Waals surface area contributed by atoms with Gasteiger partial charge < -0.3 is 20.3 Å². The van der Waals surface area contributed by atoms with E-state index in [1.165, 1.54) is 5.56 Å². The van der Waals surface area contributed by atoms with E-state index in [0.717, 1.165) is 24.2 Å². The van der Waals surface area contributed by atoms with E-state index in [1.807, 2.05) is 48.2 Å². The van der Waals surface area contributed by atoms with Crippen LogP contribution in [0.2, 0.25) is 0 Å². The normalized spacial score (nSPS) is 13.1. The maximum Gasteiger partial charge on any atom is 0.319 e. The molecule has 6 heteroatoms. The number of hydrogen-bond donors (Lipinski definition) is 2. The molecule has 1 heterocycles. The lowest BCUT2D eigenvalue weighted by Crippen LogP contribution is -2.32. The molecule has 28 heavy (non-hydrogen) atoms. The lowest BCUT2D eigenvalue weighted by atomic mass is 10.1. The molecule has 0 unspecified atom stereocenters. The van der Waals surface area contributed by atoms with Gasteiger partial charge in [0.15, 0.2) is 0 Å². The molecule has 0 saturated carbocycles. The smallest absolute Gasteiger partial charge is 0.319 e. The van der Waals surface area contributed by atoms with Gasteiger partial charge in [0.25, 0.3) is 0 Å². The maximum atomic E-state index is 12.7. The average molecular weight is 381 g/mol. The molecule has 2 aromatic carbocycles. The van der Waals surface area contributed by atoms with Gasteiger partial charge in [0.2, 0.25) is 5.91 Å². The van der Waals surface area contributed by atoms with E-state index in [1.54, 1.807) is 0 Å². The number of carbonyl (C=O) groups excluding carboxylic acids is 2. The molecule has 1 aliphatic heterocycles. The van der Waals surface area contributed by atoms with Crippen LogP contribution in [0.1, 0.15) is 30.9 Å². The topological polar surface area (TPSA) is 70.7 Å². The molecule has 0 radical (unpaired) electrons. The van der Waals surface area contributed by atoms with Crippen molar-refractivity contribution in [3.05, 3.63) is 59.7 Å². The third-order valence-electron chi connectivity index (χ3n) is 4.69. The number of hydrogen-bond acceptors (Lipinski definition) is 3. The van der Waals surface area contributed by atoms with Crippen LogP contribution < -0.4 is 15.4 Å². The van der Waals surface area contributed by atoms with Crippen molar-refractivity contribution >= 4 is 17.6 Å². The average Bonchev–Trinajstić information content (AvgIpc) is 2.91. The van der Waals surface area contributed by atoms with Gasteiger partial charge in [0, 0.05) is 30.8 Å².